The highest BCUT2D eigenvalue weighted by atomic mass is 127. The standard InChI is InChI=1S/C12H14IN3O/c1-2-4-10(14)11-15-12(17-16-11)8-5-3-6-9(13)7-8/h3,5-7,10H,2,4,14H2,1H3. The minimum atomic E-state index is -0.139. The number of nitrogens with zero attached hydrogens (tertiary/aromatic N) is 2. The number of halogens is 1. The Hall–Kier alpha value is -0.950. The van der Waals surface area contributed by atoms with Crippen LogP contribution in [0.25, 0.3) is 11.5 Å². The van der Waals surface area contributed by atoms with Crippen molar-refractivity contribution in [1.82, 2.24) is 10.1 Å². The smallest absolute Gasteiger partial charge is 0.258 e. The zero-order valence-electron chi connectivity index (χ0n) is 9.56. The first kappa shape index (κ1) is 12.5. The van der Waals surface area contributed by atoms with Crippen LogP contribution in [0.3, 0.4) is 0 Å². The van der Waals surface area contributed by atoms with Gasteiger partial charge in [-0.15, -0.1) is 0 Å². The maximum atomic E-state index is 5.94. The van der Waals surface area contributed by atoms with E-state index in [2.05, 4.69) is 39.7 Å². The van der Waals surface area contributed by atoms with E-state index in [0.717, 1.165) is 22.0 Å². The normalized spacial score (nSPS) is 12.6. The predicted molar refractivity (Wildman–Crippen MR) is 74.3 cm³/mol. The molecular formula is C12H14IN3O. The SMILES string of the molecule is CCCC(N)c1noc(-c2cccc(I)c2)n1. The molecule has 0 saturated carbocycles. The topological polar surface area (TPSA) is 64.9 Å². The van der Waals surface area contributed by atoms with Gasteiger partial charge in [-0.05, 0) is 47.2 Å². The van der Waals surface area contributed by atoms with Gasteiger partial charge in [0, 0.05) is 9.13 Å². The van der Waals surface area contributed by atoms with Crippen molar-refractivity contribution >= 4 is 22.6 Å². The third-order valence-corrected chi connectivity index (χ3v) is 3.12. The van der Waals surface area contributed by atoms with Crippen LogP contribution in [0, 0.1) is 3.57 Å². The van der Waals surface area contributed by atoms with Gasteiger partial charge in [0.1, 0.15) is 0 Å². The van der Waals surface area contributed by atoms with Crippen molar-refractivity contribution < 1.29 is 4.52 Å². The first-order valence-corrected chi connectivity index (χ1v) is 6.63. The fourth-order valence-corrected chi connectivity index (χ4v) is 2.11. The van der Waals surface area contributed by atoms with Gasteiger partial charge in [-0.3, -0.25) is 0 Å². The number of hydrogen-bond donors (Lipinski definition) is 1. The zero-order chi connectivity index (χ0) is 12.3. The predicted octanol–water partition coefficient (Wildman–Crippen LogP) is 3.14. The van der Waals surface area contributed by atoms with Gasteiger partial charge < -0.3 is 10.3 Å². The molecule has 1 aromatic carbocycles. The van der Waals surface area contributed by atoms with Gasteiger partial charge in [-0.2, -0.15) is 4.98 Å². The van der Waals surface area contributed by atoms with E-state index in [0.29, 0.717) is 11.7 Å². The van der Waals surface area contributed by atoms with Crippen molar-refractivity contribution in [2.75, 3.05) is 0 Å². The Morgan fingerprint density at radius 3 is 3.00 bits per heavy atom. The lowest BCUT2D eigenvalue weighted by molar-refractivity contribution is 0.413. The van der Waals surface area contributed by atoms with Crippen molar-refractivity contribution in [1.29, 1.82) is 0 Å². The van der Waals surface area contributed by atoms with E-state index in [1.54, 1.807) is 0 Å². The average Bonchev–Trinajstić information content (AvgIpc) is 2.78. The summed E-state index contributed by atoms with van der Waals surface area (Å²) in [7, 11) is 0. The Morgan fingerprint density at radius 2 is 2.29 bits per heavy atom. The number of aromatic nitrogens is 2. The van der Waals surface area contributed by atoms with Crippen LogP contribution in [0.15, 0.2) is 28.8 Å². The van der Waals surface area contributed by atoms with Gasteiger partial charge in [0.2, 0.25) is 0 Å². The average molecular weight is 343 g/mol. The Balaban J connectivity index is 2.23. The molecule has 1 aromatic heterocycles. The first-order valence-electron chi connectivity index (χ1n) is 5.56. The van der Waals surface area contributed by atoms with Gasteiger partial charge in [0.15, 0.2) is 5.82 Å². The van der Waals surface area contributed by atoms with E-state index in [9.17, 15) is 0 Å². The van der Waals surface area contributed by atoms with Crippen LogP contribution in [0.4, 0.5) is 0 Å². The van der Waals surface area contributed by atoms with Crippen molar-refractivity contribution in [3.63, 3.8) is 0 Å². The molecule has 0 fully saturated rings. The molecule has 17 heavy (non-hydrogen) atoms. The highest BCUT2D eigenvalue weighted by Gasteiger charge is 2.14. The van der Waals surface area contributed by atoms with Gasteiger partial charge in [-0.25, -0.2) is 0 Å². The molecule has 1 atom stereocenters. The third-order valence-electron chi connectivity index (χ3n) is 2.44. The molecule has 1 unspecified atom stereocenters. The molecule has 5 heteroatoms. The molecule has 0 aliphatic carbocycles. The second-order valence-electron chi connectivity index (χ2n) is 3.86. The van der Waals surface area contributed by atoms with E-state index >= 15 is 0 Å². The van der Waals surface area contributed by atoms with E-state index in [4.69, 9.17) is 10.3 Å². The first-order chi connectivity index (χ1) is 8.20. The van der Waals surface area contributed by atoms with Gasteiger partial charge >= 0.3 is 0 Å². The fourth-order valence-electron chi connectivity index (χ4n) is 1.56. The van der Waals surface area contributed by atoms with E-state index in [1.165, 1.54) is 0 Å². The molecule has 2 aromatic rings. The second-order valence-corrected chi connectivity index (χ2v) is 5.11. The molecular weight excluding hydrogens is 329 g/mol. The minimum absolute atomic E-state index is 0.139. The summed E-state index contributed by atoms with van der Waals surface area (Å²) in [5.74, 6) is 1.12. The molecule has 90 valence electrons. The molecule has 2 N–H and O–H groups in total. The van der Waals surface area contributed by atoms with E-state index < -0.39 is 0 Å². The van der Waals surface area contributed by atoms with Crippen molar-refractivity contribution in [2.45, 2.75) is 25.8 Å². The van der Waals surface area contributed by atoms with Crippen LogP contribution >= 0.6 is 22.6 Å². The summed E-state index contributed by atoms with van der Waals surface area (Å²) in [5, 5.41) is 3.93. The number of benzene rings is 1. The van der Waals surface area contributed by atoms with Gasteiger partial charge in [0.05, 0.1) is 6.04 Å². The van der Waals surface area contributed by atoms with Crippen LogP contribution in [0.5, 0.6) is 0 Å². The summed E-state index contributed by atoms with van der Waals surface area (Å²) in [6.45, 7) is 2.08. The van der Waals surface area contributed by atoms with Crippen LogP contribution in [-0.4, -0.2) is 10.1 Å². The number of nitrogens with two attached hydrogens (primary N) is 1. The second kappa shape index (κ2) is 5.59. The van der Waals surface area contributed by atoms with E-state index in [1.807, 2.05) is 24.3 Å². The summed E-state index contributed by atoms with van der Waals surface area (Å²) in [6, 6.07) is 7.80. The molecule has 0 aliphatic rings. The van der Waals surface area contributed by atoms with Crippen LogP contribution in [0.1, 0.15) is 31.6 Å². The minimum Gasteiger partial charge on any atom is -0.334 e. The van der Waals surface area contributed by atoms with Crippen LogP contribution in [-0.2, 0) is 0 Å². The third kappa shape index (κ3) is 3.04. The Labute approximate surface area is 114 Å². The summed E-state index contributed by atoms with van der Waals surface area (Å²) < 4.78 is 6.37. The Bertz CT molecular complexity index is 498. The van der Waals surface area contributed by atoms with Crippen molar-refractivity contribution in [2.24, 2.45) is 5.73 Å². The molecule has 0 bridgehead atoms. The van der Waals surface area contributed by atoms with Crippen LogP contribution < -0.4 is 5.73 Å². The number of rotatable bonds is 4. The summed E-state index contributed by atoms with van der Waals surface area (Å²) in [4.78, 5) is 4.33. The highest BCUT2D eigenvalue weighted by molar-refractivity contribution is 14.1. The highest BCUT2D eigenvalue weighted by Crippen LogP contribution is 2.21. The molecule has 0 spiro atoms. The summed E-state index contributed by atoms with van der Waals surface area (Å²) in [5.41, 5.74) is 6.87. The summed E-state index contributed by atoms with van der Waals surface area (Å²) >= 11 is 2.25. The van der Waals surface area contributed by atoms with Crippen LogP contribution in [0.2, 0.25) is 0 Å². The Kier molecular flexibility index (Phi) is 4.11. The molecule has 0 radical (unpaired) electrons. The van der Waals surface area contributed by atoms with E-state index in [-0.39, 0.29) is 6.04 Å². The van der Waals surface area contributed by atoms with Gasteiger partial charge in [-0.1, -0.05) is 24.6 Å². The maximum absolute atomic E-state index is 5.94. The molecule has 0 amide bonds. The largest absolute Gasteiger partial charge is 0.334 e. The number of hydrogen-bond acceptors (Lipinski definition) is 4. The van der Waals surface area contributed by atoms with Crippen molar-refractivity contribution in [3.8, 4) is 11.5 Å². The molecule has 0 saturated heterocycles. The molecule has 1 heterocycles. The lowest BCUT2D eigenvalue weighted by atomic mass is 10.2. The Morgan fingerprint density at radius 1 is 1.47 bits per heavy atom. The summed E-state index contributed by atoms with van der Waals surface area (Å²) in [6.07, 6.45) is 1.87. The fraction of sp³-hybridized carbons (Fsp3) is 0.333. The van der Waals surface area contributed by atoms with Crippen molar-refractivity contribution in [3.05, 3.63) is 33.7 Å². The lowest BCUT2D eigenvalue weighted by Gasteiger charge is -2.02. The monoisotopic (exact) mass is 343 g/mol. The molecule has 0 aliphatic heterocycles. The zero-order valence-corrected chi connectivity index (χ0v) is 11.7. The molecule has 2 rings (SSSR count). The lowest BCUT2D eigenvalue weighted by Crippen LogP contribution is -2.11. The maximum Gasteiger partial charge on any atom is 0.258 e. The molecule has 4 nitrogen and oxygen atoms in total. The quantitative estimate of drug-likeness (QED) is 0.867. The van der Waals surface area contributed by atoms with Gasteiger partial charge in [0.25, 0.3) is 5.89 Å².